The summed E-state index contributed by atoms with van der Waals surface area (Å²) in [4.78, 5) is 19.2. The third-order valence-corrected chi connectivity index (χ3v) is 4.33. The Balaban J connectivity index is 1.76. The molecule has 0 spiro atoms. The lowest BCUT2D eigenvalue weighted by Crippen LogP contribution is -2.15. The van der Waals surface area contributed by atoms with Gasteiger partial charge in [-0.2, -0.15) is 13.2 Å². The molecule has 27 heavy (non-hydrogen) atoms. The smallest absolute Gasteiger partial charge is 0.408 e. The van der Waals surface area contributed by atoms with Crippen molar-refractivity contribution in [2.24, 2.45) is 0 Å². The first-order valence-electron chi connectivity index (χ1n) is 7.84. The number of benzene rings is 1. The zero-order chi connectivity index (χ0) is 19.6. The van der Waals surface area contributed by atoms with Gasteiger partial charge in [0, 0.05) is 11.3 Å². The molecular weight excluding hydrogens is 383 g/mol. The summed E-state index contributed by atoms with van der Waals surface area (Å²) in [7, 11) is 0. The van der Waals surface area contributed by atoms with E-state index in [1.165, 1.54) is 6.07 Å². The van der Waals surface area contributed by atoms with Crippen LogP contribution in [-0.4, -0.2) is 31.8 Å². The summed E-state index contributed by atoms with van der Waals surface area (Å²) < 4.78 is 44.3. The number of halogens is 3. The molecule has 1 N–H and O–H groups in total. The average Bonchev–Trinajstić information content (AvgIpc) is 3.07. The summed E-state index contributed by atoms with van der Waals surface area (Å²) >= 11 is 0.868. The van der Waals surface area contributed by atoms with Gasteiger partial charge in [-0.05, 0) is 6.07 Å². The number of fused-ring (bicyclic) bond motifs is 1. The van der Waals surface area contributed by atoms with E-state index in [-0.39, 0.29) is 28.2 Å². The maximum Gasteiger partial charge on any atom is 0.451 e. The first-order valence-corrected chi connectivity index (χ1v) is 8.82. The lowest BCUT2D eigenvalue weighted by Gasteiger charge is -2.10. The minimum Gasteiger partial charge on any atom is -0.408 e. The van der Waals surface area contributed by atoms with Gasteiger partial charge in [0.1, 0.15) is 5.03 Å². The molecule has 2 aromatic heterocycles. The van der Waals surface area contributed by atoms with Crippen molar-refractivity contribution in [1.82, 2.24) is 20.2 Å². The minimum absolute atomic E-state index is 0.00528. The van der Waals surface area contributed by atoms with Gasteiger partial charge < -0.3 is 4.42 Å². The van der Waals surface area contributed by atoms with Gasteiger partial charge in [0.25, 0.3) is 0 Å². The number of rotatable bonds is 5. The Morgan fingerprint density at radius 2 is 1.96 bits per heavy atom. The quantitative estimate of drug-likeness (QED) is 0.516. The van der Waals surface area contributed by atoms with Crippen LogP contribution in [0, 0.1) is 0 Å². The number of carbonyl (C=O) groups excluding carboxylic acids is 1. The van der Waals surface area contributed by atoms with Gasteiger partial charge in [0.15, 0.2) is 0 Å². The number of amides is 1. The molecule has 0 unspecified atom stereocenters. The third-order valence-electron chi connectivity index (χ3n) is 3.34. The van der Waals surface area contributed by atoms with Crippen molar-refractivity contribution in [3.8, 4) is 0 Å². The summed E-state index contributed by atoms with van der Waals surface area (Å²) in [5.41, 5.74) is 0.154. The van der Waals surface area contributed by atoms with Gasteiger partial charge in [-0.25, -0.2) is 9.97 Å². The van der Waals surface area contributed by atoms with Crippen molar-refractivity contribution in [2.75, 3.05) is 11.1 Å². The highest BCUT2D eigenvalue weighted by atomic mass is 32.2. The first kappa shape index (κ1) is 19.1. The van der Waals surface area contributed by atoms with Crippen LogP contribution >= 0.6 is 11.8 Å². The second-order valence-corrected chi connectivity index (χ2v) is 6.77. The molecular formula is C16H14F3N5O2S. The number of carbonyl (C=O) groups is 1. The van der Waals surface area contributed by atoms with Gasteiger partial charge in [0.05, 0.1) is 11.3 Å². The van der Waals surface area contributed by atoms with E-state index in [2.05, 4.69) is 25.5 Å². The normalized spacial score (nSPS) is 11.9. The monoisotopic (exact) mass is 397 g/mol. The molecule has 0 aliphatic carbocycles. The fourth-order valence-electron chi connectivity index (χ4n) is 2.09. The largest absolute Gasteiger partial charge is 0.451 e. The van der Waals surface area contributed by atoms with Gasteiger partial charge in [0.2, 0.25) is 17.6 Å². The molecule has 11 heteroatoms. The summed E-state index contributed by atoms with van der Waals surface area (Å²) in [6.07, 6.45) is -4.68. The molecule has 7 nitrogen and oxygen atoms in total. The van der Waals surface area contributed by atoms with Crippen molar-refractivity contribution in [1.29, 1.82) is 0 Å². The maximum atomic E-state index is 13.0. The number of alkyl halides is 3. The van der Waals surface area contributed by atoms with E-state index in [4.69, 9.17) is 4.42 Å². The van der Waals surface area contributed by atoms with E-state index in [1.807, 2.05) is 13.8 Å². The zero-order valence-corrected chi connectivity index (χ0v) is 15.1. The molecule has 0 atom stereocenters. The molecule has 2 heterocycles. The first-order chi connectivity index (χ1) is 12.7. The molecule has 1 amide bonds. The fourth-order valence-corrected chi connectivity index (χ4v) is 2.91. The Kier molecular flexibility index (Phi) is 5.31. The number of nitrogens with zero attached hydrogens (tertiary/aromatic N) is 4. The Morgan fingerprint density at radius 3 is 2.63 bits per heavy atom. The van der Waals surface area contributed by atoms with Crippen molar-refractivity contribution < 1.29 is 22.4 Å². The van der Waals surface area contributed by atoms with Gasteiger partial charge in [-0.1, -0.05) is 48.9 Å². The molecule has 142 valence electrons. The van der Waals surface area contributed by atoms with Crippen LogP contribution in [0.2, 0.25) is 0 Å². The predicted octanol–water partition coefficient (Wildman–Crippen LogP) is 3.89. The van der Waals surface area contributed by atoms with Gasteiger partial charge >= 0.3 is 12.2 Å². The third kappa shape index (κ3) is 4.54. The molecule has 0 aliphatic rings. The van der Waals surface area contributed by atoms with Crippen LogP contribution < -0.4 is 5.32 Å². The number of hydrogen-bond acceptors (Lipinski definition) is 7. The molecule has 0 fully saturated rings. The number of thioether (sulfide) groups is 1. The van der Waals surface area contributed by atoms with Crippen LogP contribution in [0.25, 0.3) is 10.9 Å². The lowest BCUT2D eigenvalue weighted by atomic mass is 10.2. The molecule has 3 aromatic rings. The van der Waals surface area contributed by atoms with E-state index in [0.29, 0.717) is 11.3 Å². The average molecular weight is 397 g/mol. The second kappa shape index (κ2) is 7.51. The van der Waals surface area contributed by atoms with Crippen LogP contribution in [0.3, 0.4) is 0 Å². The van der Waals surface area contributed by atoms with Crippen LogP contribution in [0.1, 0.15) is 31.5 Å². The van der Waals surface area contributed by atoms with Crippen LogP contribution in [0.15, 0.2) is 33.7 Å². The van der Waals surface area contributed by atoms with E-state index in [0.717, 1.165) is 11.8 Å². The molecule has 0 aliphatic heterocycles. The zero-order valence-electron chi connectivity index (χ0n) is 14.2. The number of nitrogens with one attached hydrogen (secondary N) is 1. The maximum absolute atomic E-state index is 13.0. The Hall–Kier alpha value is -2.69. The number of hydrogen-bond donors (Lipinski definition) is 1. The minimum atomic E-state index is -4.68. The predicted molar refractivity (Wildman–Crippen MR) is 92.3 cm³/mol. The summed E-state index contributed by atoms with van der Waals surface area (Å²) in [6, 6.07) is 6.24. The highest BCUT2D eigenvalue weighted by Gasteiger charge is 2.35. The van der Waals surface area contributed by atoms with Crippen molar-refractivity contribution >= 4 is 34.6 Å². The molecule has 3 rings (SSSR count). The van der Waals surface area contributed by atoms with Gasteiger partial charge in [-0.15, -0.1) is 5.10 Å². The van der Waals surface area contributed by atoms with Crippen molar-refractivity contribution in [3.63, 3.8) is 0 Å². The van der Waals surface area contributed by atoms with Crippen LogP contribution in [-0.2, 0) is 11.0 Å². The van der Waals surface area contributed by atoms with Gasteiger partial charge in [-0.3, -0.25) is 10.1 Å². The van der Waals surface area contributed by atoms with Crippen molar-refractivity contribution in [2.45, 2.75) is 31.0 Å². The topological polar surface area (TPSA) is 93.8 Å². The number of para-hydroxylation sites is 1. The fraction of sp³-hybridized carbons (Fsp3) is 0.312. The highest BCUT2D eigenvalue weighted by molar-refractivity contribution is 8.00. The van der Waals surface area contributed by atoms with Crippen LogP contribution in [0.5, 0.6) is 0 Å². The molecule has 0 radical (unpaired) electrons. The number of aromatic nitrogens is 4. The molecule has 0 saturated carbocycles. The van der Waals surface area contributed by atoms with E-state index in [1.54, 1.807) is 18.2 Å². The summed E-state index contributed by atoms with van der Waals surface area (Å²) in [5, 5.41) is 10.4. The lowest BCUT2D eigenvalue weighted by molar-refractivity contribution is -0.145. The van der Waals surface area contributed by atoms with E-state index < -0.39 is 17.9 Å². The molecule has 0 bridgehead atoms. The Morgan fingerprint density at radius 1 is 1.22 bits per heavy atom. The molecule has 1 aromatic carbocycles. The van der Waals surface area contributed by atoms with E-state index in [9.17, 15) is 18.0 Å². The molecule has 0 saturated heterocycles. The Labute approximate surface area is 155 Å². The standard InChI is InChI=1S/C16H14F3N5O2S/c1-8(2)12-23-24-15(26-12)21-11(25)7-27-13-9-5-3-4-6-10(9)20-14(22-13)16(17,18)19/h3-6,8H,7H2,1-2H3,(H,21,24,25). The van der Waals surface area contributed by atoms with Crippen LogP contribution in [0.4, 0.5) is 19.2 Å². The summed E-state index contributed by atoms with van der Waals surface area (Å²) in [6.45, 7) is 3.71. The van der Waals surface area contributed by atoms with Crippen molar-refractivity contribution in [3.05, 3.63) is 36.0 Å². The SMILES string of the molecule is CC(C)c1nnc(NC(=O)CSc2nc(C(F)(F)F)nc3ccccc23)o1. The highest BCUT2D eigenvalue weighted by Crippen LogP contribution is 2.32. The number of anilines is 1. The Bertz CT molecular complexity index is 974. The van der Waals surface area contributed by atoms with E-state index >= 15 is 0 Å². The summed E-state index contributed by atoms with van der Waals surface area (Å²) in [5.74, 6) is -1.56. The second-order valence-electron chi connectivity index (χ2n) is 5.80.